The molecule has 318 valence electrons. The van der Waals surface area contributed by atoms with Gasteiger partial charge in [-0.1, -0.05) is 19.0 Å². The van der Waals surface area contributed by atoms with Crippen molar-refractivity contribution in [2.45, 2.75) is 108 Å². The number of imidazole rings is 1. The zero-order chi connectivity index (χ0) is 41.6. The molecule has 1 saturated heterocycles. The van der Waals surface area contributed by atoms with Crippen LogP contribution in [0.2, 0.25) is 0 Å². The fourth-order valence-electron chi connectivity index (χ4n) is 5.99. The number of ketones is 2. The van der Waals surface area contributed by atoms with Crippen molar-refractivity contribution in [3.8, 4) is 0 Å². The molecule has 0 saturated carbocycles. The molecule has 1 aliphatic rings. The molecule has 5 unspecified atom stereocenters. The quantitative estimate of drug-likeness (QED) is 0.0228. The maximum absolute atomic E-state index is 13.9. The van der Waals surface area contributed by atoms with Crippen LogP contribution in [0, 0.1) is 11.8 Å². The minimum absolute atomic E-state index is 0.0174. The molecule has 0 spiro atoms. The van der Waals surface area contributed by atoms with Gasteiger partial charge in [0.2, 0.25) is 17.7 Å². The molecule has 8 atom stereocenters. The lowest BCUT2D eigenvalue weighted by atomic mass is 9.90. The predicted molar refractivity (Wildman–Crippen MR) is 198 cm³/mol. The molecule has 20 nitrogen and oxygen atoms in total. The van der Waals surface area contributed by atoms with E-state index >= 15 is 0 Å². The highest BCUT2D eigenvalue weighted by molar-refractivity contribution is 5.96. The summed E-state index contributed by atoms with van der Waals surface area (Å²) in [5.74, 6) is -3.38. The number of nitrogens with one attached hydrogen (secondary N) is 3. The number of oxime groups is 1. The van der Waals surface area contributed by atoms with Gasteiger partial charge >= 0.3 is 0 Å². The molecule has 2 heterocycles. The first-order valence-corrected chi connectivity index (χ1v) is 18.8. The first kappa shape index (κ1) is 48.3. The summed E-state index contributed by atoms with van der Waals surface area (Å²) in [6, 6.07) is -3.04. The van der Waals surface area contributed by atoms with Crippen molar-refractivity contribution < 1.29 is 68.9 Å². The fraction of sp³-hybridized carbons (Fsp3) is 0.750. The van der Waals surface area contributed by atoms with Gasteiger partial charge < -0.3 is 65.5 Å². The van der Waals surface area contributed by atoms with E-state index in [1.54, 1.807) is 7.11 Å². The fourth-order valence-corrected chi connectivity index (χ4v) is 5.99. The van der Waals surface area contributed by atoms with Gasteiger partial charge in [-0.25, -0.2) is 4.98 Å². The lowest BCUT2D eigenvalue weighted by Gasteiger charge is -2.28. The Morgan fingerprint density at radius 3 is 2.38 bits per heavy atom. The number of likely N-dealkylation sites (tertiary alicyclic amines) is 1. The van der Waals surface area contributed by atoms with Gasteiger partial charge in [-0.2, -0.15) is 0 Å². The highest BCUT2D eigenvalue weighted by Gasteiger charge is 2.37. The molecular formula is C36H60N6O14. The van der Waals surface area contributed by atoms with E-state index in [1.165, 1.54) is 17.4 Å². The molecule has 9 N–H and O–H groups in total. The van der Waals surface area contributed by atoms with Crippen LogP contribution in [0.3, 0.4) is 0 Å². The van der Waals surface area contributed by atoms with E-state index in [2.05, 4.69) is 25.8 Å². The van der Waals surface area contributed by atoms with Gasteiger partial charge in [0, 0.05) is 44.8 Å². The number of aliphatic hydroxyl groups excluding tert-OH is 6. The molecule has 0 bridgehead atoms. The molecule has 1 aliphatic heterocycles. The van der Waals surface area contributed by atoms with Gasteiger partial charge in [0.15, 0.2) is 11.6 Å². The van der Waals surface area contributed by atoms with E-state index in [-0.39, 0.29) is 63.6 Å². The summed E-state index contributed by atoms with van der Waals surface area (Å²) in [6.07, 6.45) is -2.44. The van der Waals surface area contributed by atoms with Gasteiger partial charge in [0.05, 0.1) is 64.0 Å². The first-order valence-electron chi connectivity index (χ1n) is 18.8. The van der Waals surface area contributed by atoms with Gasteiger partial charge in [-0.3, -0.25) is 24.0 Å². The Hall–Kier alpha value is -3.89. The zero-order valence-corrected chi connectivity index (χ0v) is 32.3. The summed E-state index contributed by atoms with van der Waals surface area (Å²) in [4.78, 5) is 80.2. The Bertz CT molecular complexity index is 1370. The van der Waals surface area contributed by atoms with Crippen molar-refractivity contribution in [2.24, 2.45) is 17.0 Å². The van der Waals surface area contributed by atoms with E-state index in [4.69, 9.17) is 19.4 Å². The summed E-state index contributed by atoms with van der Waals surface area (Å²) < 4.78 is 10.3. The van der Waals surface area contributed by atoms with Crippen LogP contribution in [-0.4, -0.2) is 177 Å². The number of aromatic nitrogens is 2. The second-order valence-corrected chi connectivity index (χ2v) is 14.1. The average molecular weight is 801 g/mol. The molecule has 56 heavy (non-hydrogen) atoms. The number of nitrogens with zero attached hydrogens (tertiary/aromatic N) is 3. The molecule has 1 fully saturated rings. The van der Waals surface area contributed by atoms with E-state index in [1.807, 2.05) is 13.8 Å². The standard InChI is InChI=1S/C36H60N6O14/c1-22(2)14-25(40-36(53)27-6-4-9-42(27)32(49)8-11-55-13-12-54-3)29(46)16-23(15-24-17-37-21-38-24)35(52)41-26(19-43)28(45)7-5-10-56-39-18-30(47)33(50)34(51)31(48)20-44/h17-18,21-23,25-27,30-31,33-34,43-44,47-48,50-51H,4-16,19-20H2,1-3H3,(H,37,38)(H,40,53)(H,41,52)/b39-18+/t23-,25+,26+,27?,30?,31?,33?,34?/m1/s1. The second-order valence-electron chi connectivity index (χ2n) is 14.1. The van der Waals surface area contributed by atoms with Crippen LogP contribution in [0.15, 0.2) is 17.7 Å². The Morgan fingerprint density at radius 2 is 1.73 bits per heavy atom. The van der Waals surface area contributed by atoms with Crippen LogP contribution in [0.25, 0.3) is 0 Å². The molecule has 20 heteroatoms. The number of aromatic amines is 1. The van der Waals surface area contributed by atoms with Crippen molar-refractivity contribution >= 4 is 35.5 Å². The third kappa shape index (κ3) is 16.7. The Kier molecular flexibility index (Phi) is 22.5. The molecule has 1 aromatic heterocycles. The number of carbonyl (C=O) groups excluding carboxylic acids is 5. The Morgan fingerprint density at radius 1 is 0.982 bits per heavy atom. The number of Topliss-reactive ketones (excluding diaryl/α,β-unsaturated/α-hetero) is 2. The predicted octanol–water partition coefficient (Wildman–Crippen LogP) is -2.63. The highest BCUT2D eigenvalue weighted by Crippen LogP contribution is 2.21. The topological polar surface area (TPSA) is 303 Å². The maximum Gasteiger partial charge on any atom is 0.243 e. The summed E-state index contributed by atoms with van der Waals surface area (Å²) in [5.41, 5.74) is 0.537. The van der Waals surface area contributed by atoms with Crippen LogP contribution in [-0.2, 0) is 44.7 Å². The van der Waals surface area contributed by atoms with Gasteiger partial charge in [0.1, 0.15) is 43.1 Å². The average Bonchev–Trinajstić information content (AvgIpc) is 3.89. The number of hydrogen-bond acceptors (Lipinski definition) is 16. The molecular weight excluding hydrogens is 740 g/mol. The van der Waals surface area contributed by atoms with Gasteiger partial charge in [0.25, 0.3) is 0 Å². The van der Waals surface area contributed by atoms with Gasteiger partial charge in [-0.15, -0.1) is 0 Å². The van der Waals surface area contributed by atoms with Crippen LogP contribution in [0.1, 0.15) is 64.5 Å². The number of carbonyl (C=O) groups is 5. The van der Waals surface area contributed by atoms with E-state index in [0.717, 1.165) is 6.21 Å². The smallest absolute Gasteiger partial charge is 0.243 e. The monoisotopic (exact) mass is 800 g/mol. The van der Waals surface area contributed by atoms with Crippen molar-refractivity contribution in [3.63, 3.8) is 0 Å². The highest BCUT2D eigenvalue weighted by atomic mass is 16.6. The van der Waals surface area contributed by atoms with Crippen LogP contribution >= 0.6 is 0 Å². The lowest BCUT2D eigenvalue weighted by molar-refractivity contribution is -0.140. The number of rotatable bonds is 29. The SMILES string of the molecule is COCCOCCC(=O)N1CCCC1C(=O)N[C@@H](CC(C)C)C(=O)C[C@@H](Cc1cnc[nH]1)C(=O)N[C@@H](CO)C(=O)CCCO/N=C/C(O)C(O)C(O)C(O)CO. The van der Waals surface area contributed by atoms with Crippen molar-refractivity contribution in [3.05, 3.63) is 18.2 Å². The molecule has 2 rings (SSSR count). The largest absolute Gasteiger partial charge is 0.396 e. The normalized spacial score (nSPS) is 18.2. The molecule has 0 radical (unpaired) electrons. The second kappa shape index (κ2) is 26.1. The minimum Gasteiger partial charge on any atom is -0.396 e. The molecule has 0 aromatic carbocycles. The number of methoxy groups -OCH3 is 1. The van der Waals surface area contributed by atoms with Crippen molar-refractivity contribution in [2.75, 3.05) is 53.3 Å². The minimum atomic E-state index is -1.87. The van der Waals surface area contributed by atoms with E-state index < -0.39 is 85.1 Å². The summed E-state index contributed by atoms with van der Waals surface area (Å²) in [5, 5.41) is 66.4. The number of H-pyrrole nitrogens is 1. The summed E-state index contributed by atoms with van der Waals surface area (Å²) >= 11 is 0. The first-order chi connectivity index (χ1) is 26.7. The van der Waals surface area contributed by atoms with Crippen LogP contribution in [0.4, 0.5) is 0 Å². The van der Waals surface area contributed by atoms with Crippen molar-refractivity contribution in [1.82, 2.24) is 25.5 Å². The Labute approximate surface area is 326 Å². The summed E-state index contributed by atoms with van der Waals surface area (Å²) in [7, 11) is 1.54. The number of hydrogen-bond donors (Lipinski definition) is 9. The third-order valence-electron chi connectivity index (χ3n) is 9.14. The Balaban J connectivity index is 2.03. The van der Waals surface area contributed by atoms with E-state index in [0.29, 0.717) is 38.3 Å². The van der Waals surface area contributed by atoms with Crippen molar-refractivity contribution in [1.29, 1.82) is 0 Å². The van der Waals surface area contributed by atoms with Crippen LogP contribution in [0.5, 0.6) is 0 Å². The maximum atomic E-state index is 13.9. The summed E-state index contributed by atoms with van der Waals surface area (Å²) in [6.45, 7) is 3.36. The lowest BCUT2D eigenvalue weighted by Crippen LogP contribution is -2.52. The zero-order valence-electron chi connectivity index (χ0n) is 32.3. The molecule has 3 amide bonds. The molecule has 1 aromatic rings. The number of aliphatic hydroxyl groups is 6. The number of amides is 3. The third-order valence-corrected chi connectivity index (χ3v) is 9.14. The number of ether oxygens (including phenoxy) is 2. The van der Waals surface area contributed by atoms with Gasteiger partial charge in [-0.05, 0) is 31.6 Å². The molecule has 0 aliphatic carbocycles. The van der Waals surface area contributed by atoms with Crippen LogP contribution < -0.4 is 10.6 Å². The van der Waals surface area contributed by atoms with E-state index in [9.17, 15) is 49.5 Å².